The number of fused-ring (bicyclic) bond motifs is 1. The van der Waals surface area contributed by atoms with E-state index in [9.17, 15) is 8.42 Å². The van der Waals surface area contributed by atoms with Gasteiger partial charge in [0.1, 0.15) is 5.25 Å². The maximum absolute atomic E-state index is 15.4. The Balaban J connectivity index is 1.77. The molecule has 154 valence electrons. The van der Waals surface area contributed by atoms with E-state index in [1.165, 1.54) is 23.3 Å². The van der Waals surface area contributed by atoms with E-state index in [1.807, 2.05) is 12.1 Å². The van der Waals surface area contributed by atoms with Crippen LogP contribution in [0.5, 0.6) is 0 Å². The van der Waals surface area contributed by atoms with E-state index < -0.39 is 26.9 Å². The summed E-state index contributed by atoms with van der Waals surface area (Å²) < 4.78 is 44.0. The van der Waals surface area contributed by atoms with Gasteiger partial charge in [0.25, 0.3) is 0 Å². The normalized spacial score (nSPS) is 27.0. The van der Waals surface area contributed by atoms with E-state index in [0.29, 0.717) is 11.7 Å². The predicted molar refractivity (Wildman–Crippen MR) is 114 cm³/mol. The third-order valence-electron chi connectivity index (χ3n) is 5.78. The molecule has 0 amide bonds. The average molecular weight is 407 g/mol. The second-order valence-electron chi connectivity index (χ2n) is 8.17. The van der Waals surface area contributed by atoms with Crippen LogP contribution >= 0.6 is 0 Å². The van der Waals surface area contributed by atoms with Gasteiger partial charge in [-0.2, -0.15) is 0 Å². The SMILES string of the molecule is CCCN[C@H]1CCc2cc(NS(=O)(=O)[C@@H]3C=CC=CC3(F)C(C)C)ccc2C1. The molecule has 0 aromatic heterocycles. The van der Waals surface area contributed by atoms with Gasteiger partial charge < -0.3 is 5.32 Å². The first kappa shape index (κ1) is 21.1. The van der Waals surface area contributed by atoms with E-state index in [1.54, 1.807) is 32.1 Å². The van der Waals surface area contributed by atoms with Crippen LogP contribution in [0.15, 0.2) is 42.5 Å². The summed E-state index contributed by atoms with van der Waals surface area (Å²) in [5.74, 6) is -0.452. The Hall–Kier alpha value is -1.66. The second-order valence-corrected chi connectivity index (χ2v) is 9.97. The number of alkyl halides is 1. The number of rotatable bonds is 7. The van der Waals surface area contributed by atoms with Gasteiger partial charge in [-0.15, -0.1) is 0 Å². The molecule has 2 aliphatic carbocycles. The minimum absolute atomic E-state index is 0.452. The summed E-state index contributed by atoms with van der Waals surface area (Å²) >= 11 is 0. The van der Waals surface area contributed by atoms with Crippen LogP contribution in [0.3, 0.4) is 0 Å². The van der Waals surface area contributed by atoms with E-state index >= 15 is 4.39 Å². The number of benzene rings is 1. The van der Waals surface area contributed by atoms with Crippen molar-refractivity contribution in [1.82, 2.24) is 5.32 Å². The molecule has 3 rings (SSSR count). The summed E-state index contributed by atoms with van der Waals surface area (Å²) in [7, 11) is -3.91. The van der Waals surface area contributed by atoms with Crippen molar-refractivity contribution in [3.63, 3.8) is 0 Å². The van der Waals surface area contributed by atoms with Gasteiger partial charge in [0.2, 0.25) is 10.0 Å². The van der Waals surface area contributed by atoms with Gasteiger partial charge in [0, 0.05) is 11.7 Å². The molecular weight excluding hydrogens is 375 g/mol. The lowest BCUT2D eigenvalue weighted by Gasteiger charge is -2.34. The van der Waals surface area contributed by atoms with Crippen molar-refractivity contribution in [3.05, 3.63) is 53.6 Å². The Morgan fingerprint density at radius 1 is 1.25 bits per heavy atom. The average Bonchev–Trinajstić information content (AvgIpc) is 2.66. The highest BCUT2D eigenvalue weighted by atomic mass is 32.2. The first-order chi connectivity index (χ1) is 13.3. The summed E-state index contributed by atoms with van der Waals surface area (Å²) in [6.07, 6.45) is 10.00. The Morgan fingerprint density at radius 2 is 2.04 bits per heavy atom. The molecule has 4 nitrogen and oxygen atoms in total. The molecule has 3 atom stereocenters. The second kappa shape index (κ2) is 8.37. The van der Waals surface area contributed by atoms with Gasteiger partial charge in [0.05, 0.1) is 0 Å². The molecule has 0 fully saturated rings. The zero-order valence-electron chi connectivity index (χ0n) is 16.9. The van der Waals surface area contributed by atoms with Crippen molar-refractivity contribution in [1.29, 1.82) is 0 Å². The lowest BCUT2D eigenvalue weighted by atomic mass is 9.86. The molecule has 0 radical (unpaired) electrons. The molecule has 1 unspecified atom stereocenters. The van der Waals surface area contributed by atoms with Crippen molar-refractivity contribution in [2.24, 2.45) is 5.92 Å². The number of halogens is 1. The molecule has 0 spiro atoms. The first-order valence-corrected chi connectivity index (χ1v) is 11.7. The monoisotopic (exact) mass is 406 g/mol. The molecule has 0 aliphatic heterocycles. The summed E-state index contributed by atoms with van der Waals surface area (Å²) in [4.78, 5) is 0. The van der Waals surface area contributed by atoms with E-state index in [2.05, 4.69) is 17.0 Å². The molecule has 0 saturated heterocycles. The highest BCUT2D eigenvalue weighted by molar-refractivity contribution is 7.93. The van der Waals surface area contributed by atoms with Crippen molar-refractivity contribution in [2.45, 2.75) is 63.4 Å². The smallest absolute Gasteiger partial charge is 0.242 e. The summed E-state index contributed by atoms with van der Waals surface area (Å²) in [6, 6.07) is 6.17. The van der Waals surface area contributed by atoms with Crippen molar-refractivity contribution < 1.29 is 12.8 Å². The maximum atomic E-state index is 15.4. The molecule has 0 bridgehead atoms. The summed E-state index contributed by atoms with van der Waals surface area (Å²) in [6.45, 7) is 6.58. The van der Waals surface area contributed by atoms with Gasteiger partial charge in [-0.25, -0.2) is 12.8 Å². The highest BCUT2D eigenvalue weighted by Crippen LogP contribution is 2.36. The Kier molecular flexibility index (Phi) is 6.30. The van der Waals surface area contributed by atoms with Crippen LogP contribution in [0.4, 0.5) is 10.1 Å². The standard InChI is InChI=1S/C22H31FN2O2S/c1-4-13-24-19-10-8-18-15-20(11-9-17(18)14-19)25-28(26,27)21-7-5-6-12-22(21,23)16(2)3/h5-7,9,11-12,15-16,19,21,24-25H,4,8,10,13-14H2,1-3H3/t19-,21+,22?/m0/s1. The van der Waals surface area contributed by atoms with Crippen LogP contribution in [0.1, 0.15) is 44.7 Å². The van der Waals surface area contributed by atoms with E-state index in [-0.39, 0.29) is 0 Å². The van der Waals surface area contributed by atoms with Gasteiger partial charge in [-0.05, 0) is 67.5 Å². The molecular formula is C22H31FN2O2S. The Labute approximate surface area is 168 Å². The van der Waals surface area contributed by atoms with Crippen LogP contribution in [0, 0.1) is 5.92 Å². The van der Waals surface area contributed by atoms with Crippen LogP contribution < -0.4 is 10.0 Å². The topological polar surface area (TPSA) is 58.2 Å². The lowest BCUT2D eigenvalue weighted by molar-refractivity contribution is 0.164. The molecule has 0 saturated carbocycles. The van der Waals surface area contributed by atoms with Crippen LogP contribution in [-0.2, 0) is 22.9 Å². The third kappa shape index (κ3) is 4.33. The Morgan fingerprint density at radius 3 is 2.75 bits per heavy atom. The number of allylic oxidation sites excluding steroid dienone is 3. The molecule has 1 aromatic carbocycles. The first-order valence-electron chi connectivity index (χ1n) is 10.2. The van der Waals surface area contributed by atoms with Crippen LogP contribution in [-0.4, -0.2) is 31.9 Å². The number of hydrogen-bond donors (Lipinski definition) is 2. The zero-order valence-corrected chi connectivity index (χ0v) is 17.7. The summed E-state index contributed by atoms with van der Waals surface area (Å²) in [5.41, 5.74) is 1.01. The minimum atomic E-state index is -3.91. The number of nitrogens with one attached hydrogen (secondary N) is 2. The van der Waals surface area contributed by atoms with Crippen molar-refractivity contribution in [2.75, 3.05) is 11.3 Å². The van der Waals surface area contributed by atoms with Gasteiger partial charge in [0.15, 0.2) is 5.67 Å². The van der Waals surface area contributed by atoms with Crippen molar-refractivity contribution in [3.8, 4) is 0 Å². The quantitative estimate of drug-likeness (QED) is 0.715. The number of aryl methyl sites for hydroxylation is 1. The molecule has 2 aliphatic rings. The fraction of sp³-hybridized carbons (Fsp3) is 0.545. The zero-order chi connectivity index (χ0) is 20.4. The molecule has 28 heavy (non-hydrogen) atoms. The molecule has 6 heteroatoms. The number of anilines is 1. The van der Waals surface area contributed by atoms with Crippen LogP contribution in [0.2, 0.25) is 0 Å². The number of hydrogen-bond acceptors (Lipinski definition) is 3. The molecule has 1 aromatic rings. The molecule has 0 heterocycles. The van der Waals surface area contributed by atoms with Crippen molar-refractivity contribution >= 4 is 15.7 Å². The maximum Gasteiger partial charge on any atom is 0.242 e. The largest absolute Gasteiger partial charge is 0.314 e. The number of sulfonamides is 1. The highest BCUT2D eigenvalue weighted by Gasteiger charge is 2.47. The third-order valence-corrected chi connectivity index (χ3v) is 7.49. The van der Waals surface area contributed by atoms with E-state index in [4.69, 9.17) is 0 Å². The van der Waals surface area contributed by atoms with Gasteiger partial charge >= 0.3 is 0 Å². The van der Waals surface area contributed by atoms with Crippen LogP contribution in [0.25, 0.3) is 0 Å². The lowest BCUT2D eigenvalue weighted by Crippen LogP contribution is -2.47. The fourth-order valence-corrected chi connectivity index (χ4v) is 5.75. The summed E-state index contributed by atoms with van der Waals surface area (Å²) in [5, 5.41) is 2.31. The van der Waals surface area contributed by atoms with Gasteiger partial charge in [-0.3, -0.25) is 4.72 Å². The minimum Gasteiger partial charge on any atom is -0.314 e. The molecule has 2 N–H and O–H groups in total. The van der Waals surface area contributed by atoms with Gasteiger partial charge in [-0.1, -0.05) is 45.1 Å². The van der Waals surface area contributed by atoms with E-state index in [0.717, 1.165) is 32.2 Å². The Bertz CT molecular complexity index is 863. The predicted octanol–water partition coefficient (Wildman–Crippen LogP) is 4.14. The fourth-order valence-electron chi connectivity index (χ4n) is 4.04.